The number of halogens is 3. The average molecular weight is 566 g/mol. The maximum absolute atomic E-state index is 12.8. The number of nitrogens with two attached hydrogens (primary N) is 1. The number of ether oxygens (including phenoxy) is 1. The summed E-state index contributed by atoms with van der Waals surface area (Å²) in [5.41, 5.74) is 4.56. The molecule has 3 aromatic carbocycles. The third-order valence-electron chi connectivity index (χ3n) is 6.30. The van der Waals surface area contributed by atoms with Crippen LogP contribution in [0.5, 0.6) is 5.88 Å². The van der Waals surface area contributed by atoms with E-state index in [1.54, 1.807) is 24.3 Å². The van der Waals surface area contributed by atoms with Crippen molar-refractivity contribution in [2.45, 2.75) is 29.3 Å². The molecule has 4 rings (SSSR count). The first-order valence-electron chi connectivity index (χ1n) is 12.8. The van der Waals surface area contributed by atoms with Crippen LogP contribution in [0.1, 0.15) is 39.4 Å². The van der Waals surface area contributed by atoms with Crippen molar-refractivity contribution in [3.8, 4) is 5.88 Å². The van der Waals surface area contributed by atoms with Gasteiger partial charge in [-0.15, -0.1) is 0 Å². The lowest BCUT2D eigenvalue weighted by Crippen LogP contribution is -2.30. The van der Waals surface area contributed by atoms with Gasteiger partial charge in [0.15, 0.2) is 0 Å². The zero-order valence-corrected chi connectivity index (χ0v) is 22.6. The normalized spacial score (nSPS) is 11.6. The monoisotopic (exact) mass is 565 g/mol. The molecule has 0 atom stereocenters. The van der Waals surface area contributed by atoms with Gasteiger partial charge in [-0.05, 0) is 53.1 Å². The van der Waals surface area contributed by atoms with Crippen LogP contribution >= 0.6 is 11.8 Å². The first-order chi connectivity index (χ1) is 19.3. The number of carbonyl (C=O) groups excluding carboxylic acids is 1. The molecule has 0 radical (unpaired) electrons. The predicted molar refractivity (Wildman–Crippen MR) is 151 cm³/mol. The van der Waals surface area contributed by atoms with Gasteiger partial charge in [0.2, 0.25) is 11.8 Å². The van der Waals surface area contributed by atoms with E-state index in [-0.39, 0.29) is 22.6 Å². The van der Waals surface area contributed by atoms with Crippen LogP contribution in [0.3, 0.4) is 0 Å². The van der Waals surface area contributed by atoms with Gasteiger partial charge in [0.05, 0.1) is 12.2 Å². The Hall–Kier alpha value is -3.82. The van der Waals surface area contributed by atoms with Crippen molar-refractivity contribution in [2.75, 3.05) is 19.7 Å². The van der Waals surface area contributed by atoms with Crippen LogP contribution in [-0.2, 0) is 6.54 Å². The largest absolute Gasteiger partial charge is 0.478 e. The van der Waals surface area contributed by atoms with Gasteiger partial charge in [-0.3, -0.25) is 9.69 Å². The van der Waals surface area contributed by atoms with E-state index in [0.29, 0.717) is 44.1 Å². The maximum Gasteiger partial charge on any atom is 0.446 e. The van der Waals surface area contributed by atoms with Crippen molar-refractivity contribution in [3.63, 3.8) is 0 Å². The van der Waals surface area contributed by atoms with E-state index in [1.807, 2.05) is 36.4 Å². The van der Waals surface area contributed by atoms with E-state index >= 15 is 0 Å². The zero-order valence-electron chi connectivity index (χ0n) is 21.8. The number of carbonyl (C=O) groups is 1. The summed E-state index contributed by atoms with van der Waals surface area (Å²) in [6.07, 6.45) is 2.08. The van der Waals surface area contributed by atoms with Crippen LogP contribution in [-0.4, -0.2) is 41.0 Å². The summed E-state index contributed by atoms with van der Waals surface area (Å²) in [6, 6.07) is 30.3. The van der Waals surface area contributed by atoms with Crippen LogP contribution < -0.4 is 10.5 Å². The molecule has 0 spiro atoms. The number of aromatic nitrogens is 1. The summed E-state index contributed by atoms with van der Waals surface area (Å²) in [4.78, 5) is 17.8. The minimum Gasteiger partial charge on any atom is -0.478 e. The Bertz CT molecular complexity index is 1300. The Morgan fingerprint density at radius 3 is 2.05 bits per heavy atom. The molecule has 208 valence electrons. The van der Waals surface area contributed by atoms with E-state index < -0.39 is 11.4 Å². The van der Waals surface area contributed by atoms with Crippen molar-refractivity contribution in [2.24, 2.45) is 5.73 Å². The molecular weight excluding hydrogens is 535 g/mol. The summed E-state index contributed by atoms with van der Waals surface area (Å²) < 4.78 is 44.1. The van der Waals surface area contributed by atoms with Crippen molar-refractivity contribution in [1.29, 1.82) is 0 Å². The number of pyridine rings is 1. The van der Waals surface area contributed by atoms with Gasteiger partial charge >= 0.3 is 5.51 Å². The predicted octanol–water partition coefficient (Wildman–Crippen LogP) is 6.90. The Labute approximate surface area is 236 Å². The maximum atomic E-state index is 12.8. The number of thioether (sulfide) groups is 1. The quantitative estimate of drug-likeness (QED) is 0.141. The summed E-state index contributed by atoms with van der Waals surface area (Å²) in [7, 11) is 0. The SMILES string of the molecule is NC(=O)c1ccc(OCCCN(Cc2ccc(SC(F)(F)F)cc2)CC(c2ccccc2)c2ccccc2)nc1. The summed E-state index contributed by atoms with van der Waals surface area (Å²) in [5, 5.41) is 0. The van der Waals surface area contributed by atoms with Gasteiger partial charge in [-0.2, -0.15) is 13.2 Å². The molecule has 0 saturated heterocycles. The summed E-state index contributed by atoms with van der Waals surface area (Å²) >= 11 is -0.111. The highest BCUT2D eigenvalue weighted by Crippen LogP contribution is 2.37. The van der Waals surface area contributed by atoms with E-state index in [0.717, 1.165) is 5.56 Å². The molecule has 0 aliphatic rings. The van der Waals surface area contributed by atoms with Gasteiger partial charge in [0, 0.05) is 42.7 Å². The molecule has 5 nitrogen and oxygen atoms in total. The highest BCUT2D eigenvalue weighted by atomic mass is 32.2. The minimum absolute atomic E-state index is 0.103. The lowest BCUT2D eigenvalue weighted by Gasteiger charge is -2.28. The Kier molecular flexibility index (Phi) is 10.2. The van der Waals surface area contributed by atoms with Gasteiger partial charge < -0.3 is 10.5 Å². The number of alkyl halides is 3. The third kappa shape index (κ3) is 9.14. The molecular formula is C31H30F3N3O2S. The van der Waals surface area contributed by atoms with Gasteiger partial charge in [0.1, 0.15) is 0 Å². The number of nitrogens with zero attached hydrogens (tertiary/aromatic N) is 2. The van der Waals surface area contributed by atoms with Crippen LogP contribution in [0.4, 0.5) is 13.2 Å². The van der Waals surface area contributed by atoms with Gasteiger partial charge in [-0.25, -0.2) is 4.98 Å². The molecule has 4 aromatic rings. The van der Waals surface area contributed by atoms with E-state index in [1.165, 1.54) is 29.5 Å². The van der Waals surface area contributed by atoms with Crippen LogP contribution in [0, 0.1) is 0 Å². The lowest BCUT2D eigenvalue weighted by molar-refractivity contribution is -0.0328. The number of amides is 1. The van der Waals surface area contributed by atoms with E-state index in [9.17, 15) is 18.0 Å². The number of hydrogen-bond acceptors (Lipinski definition) is 5. The molecule has 1 amide bonds. The number of primary amides is 1. The first kappa shape index (κ1) is 29.2. The smallest absolute Gasteiger partial charge is 0.446 e. The van der Waals surface area contributed by atoms with Crippen molar-refractivity contribution in [3.05, 3.63) is 126 Å². The van der Waals surface area contributed by atoms with Crippen molar-refractivity contribution in [1.82, 2.24) is 9.88 Å². The molecule has 2 N–H and O–H groups in total. The topological polar surface area (TPSA) is 68.5 Å². The highest BCUT2D eigenvalue weighted by molar-refractivity contribution is 8.00. The fraction of sp³-hybridized carbons (Fsp3) is 0.226. The fourth-order valence-electron chi connectivity index (χ4n) is 4.40. The van der Waals surface area contributed by atoms with Crippen LogP contribution in [0.2, 0.25) is 0 Å². The molecule has 0 saturated carbocycles. The first-order valence-corrected chi connectivity index (χ1v) is 13.6. The third-order valence-corrected chi connectivity index (χ3v) is 7.04. The van der Waals surface area contributed by atoms with Gasteiger partial charge in [0.25, 0.3) is 0 Å². The van der Waals surface area contributed by atoms with Crippen molar-refractivity contribution >= 4 is 17.7 Å². The second kappa shape index (κ2) is 14.0. The average Bonchev–Trinajstić information content (AvgIpc) is 2.95. The molecule has 0 aliphatic carbocycles. The second-order valence-corrected chi connectivity index (χ2v) is 10.4. The highest BCUT2D eigenvalue weighted by Gasteiger charge is 2.29. The van der Waals surface area contributed by atoms with Crippen LogP contribution in [0.15, 0.2) is 108 Å². The van der Waals surface area contributed by atoms with E-state index in [2.05, 4.69) is 34.1 Å². The number of hydrogen-bond donors (Lipinski definition) is 1. The van der Waals surface area contributed by atoms with Crippen molar-refractivity contribution < 1.29 is 22.7 Å². The van der Waals surface area contributed by atoms with Crippen LogP contribution in [0.25, 0.3) is 0 Å². The second-order valence-electron chi connectivity index (χ2n) is 9.25. The number of rotatable bonds is 13. The molecule has 9 heteroatoms. The number of benzene rings is 3. The molecule has 0 aliphatic heterocycles. The summed E-state index contributed by atoms with van der Waals surface area (Å²) in [5.74, 6) is -0.0433. The Balaban J connectivity index is 1.48. The molecule has 1 aromatic heterocycles. The molecule has 0 unspecified atom stereocenters. The zero-order chi connectivity index (χ0) is 28.4. The molecule has 0 bridgehead atoms. The molecule has 0 fully saturated rings. The lowest BCUT2D eigenvalue weighted by atomic mass is 9.90. The molecule has 40 heavy (non-hydrogen) atoms. The fourth-order valence-corrected chi connectivity index (χ4v) is 4.94. The Morgan fingerprint density at radius 1 is 0.900 bits per heavy atom. The molecule has 1 heterocycles. The van der Waals surface area contributed by atoms with E-state index in [4.69, 9.17) is 10.5 Å². The van der Waals surface area contributed by atoms with Gasteiger partial charge in [-0.1, -0.05) is 72.8 Å². The minimum atomic E-state index is -4.32. The standard InChI is InChI=1S/C31H30F3N3O2S/c32-31(33,34)40-27-15-12-23(13-16-27)21-37(18-7-19-39-29-17-14-26(20-36-29)30(35)38)22-28(24-8-3-1-4-9-24)25-10-5-2-6-11-25/h1-6,8-17,20,28H,7,18-19,21-22H2,(H2,35,38). The Morgan fingerprint density at radius 2 is 1.52 bits per heavy atom. The summed E-state index contributed by atoms with van der Waals surface area (Å²) in [6.45, 7) is 2.37.